The second-order valence-electron chi connectivity index (χ2n) is 4.56. The minimum Gasteiger partial charge on any atom is -0.334 e. The minimum atomic E-state index is -0.624. The molecule has 1 N–H and O–H groups in total. The van der Waals surface area contributed by atoms with Crippen molar-refractivity contribution < 1.29 is 9.59 Å². The van der Waals surface area contributed by atoms with Crippen LogP contribution in [-0.2, 0) is 9.59 Å². The fourth-order valence-corrected chi connectivity index (χ4v) is 2.44. The Balaban J connectivity index is 1.90. The number of nitrogens with one attached hydrogen (secondary N) is 1. The Morgan fingerprint density at radius 1 is 1.33 bits per heavy atom. The fourth-order valence-electron chi connectivity index (χ4n) is 1.85. The van der Waals surface area contributed by atoms with Crippen molar-refractivity contribution in [3.8, 4) is 0 Å². The molecule has 1 saturated heterocycles. The molecule has 0 bridgehead atoms. The first kappa shape index (κ1) is 12.9. The van der Waals surface area contributed by atoms with Crippen molar-refractivity contribution in [1.29, 1.82) is 0 Å². The molecule has 1 aromatic heterocycles. The van der Waals surface area contributed by atoms with Gasteiger partial charge in [0.2, 0.25) is 5.13 Å². The lowest BCUT2D eigenvalue weighted by Crippen LogP contribution is -2.43. The maximum Gasteiger partial charge on any atom is 0.315 e. The van der Waals surface area contributed by atoms with Crippen molar-refractivity contribution in [2.24, 2.45) is 5.92 Å². The summed E-state index contributed by atoms with van der Waals surface area (Å²) in [4.78, 5) is 25.2. The summed E-state index contributed by atoms with van der Waals surface area (Å²) in [6.45, 7) is 5.26. The molecule has 0 atom stereocenters. The molecule has 98 valence electrons. The molecule has 1 aliphatic heterocycles. The van der Waals surface area contributed by atoms with Crippen LogP contribution in [0.1, 0.15) is 24.8 Å². The van der Waals surface area contributed by atoms with E-state index in [-0.39, 0.29) is 0 Å². The molecule has 1 fully saturated rings. The number of aromatic nitrogens is 2. The normalized spacial score (nSPS) is 16.7. The Morgan fingerprint density at radius 2 is 2.00 bits per heavy atom. The summed E-state index contributed by atoms with van der Waals surface area (Å²) < 4.78 is 0. The van der Waals surface area contributed by atoms with Crippen LogP contribution in [0.2, 0.25) is 0 Å². The Bertz CT molecular complexity index is 452. The van der Waals surface area contributed by atoms with E-state index in [1.807, 2.05) is 0 Å². The molecule has 6 nitrogen and oxygen atoms in total. The van der Waals surface area contributed by atoms with Crippen molar-refractivity contribution in [3.63, 3.8) is 0 Å². The molecule has 0 aromatic carbocycles. The highest BCUT2D eigenvalue weighted by atomic mass is 32.1. The van der Waals surface area contributed by atoms with Gasteiger partial charge in [0.15, 0.2) is 0 Å². The van der Waals surface area contributed by atoms with Crippen molar-refractivity contribution in [1.82, 2.24) is 15.1 Å². The van der Waals surface area contributed by atoms with Crippen LogP contribution in [0.25, 0.3) is 0 Å². The van der Waals surface area contributed by atoms with Gasteiger partial charge in [0, 0.05) is 13.1 Å². The Hall–Kier alpha value is -1.50. The first-order valence-electron chi connectivity index (χ1n) is 5.96. The van der Waals surface area contributed by atoms with Gasteiger partial charge in [-0.2, -0.15) is 0 Å². The number of nitrogens with zero attached hydrogens (tertiary/aromatic N) is 3. The largest absolute Gasteiger partial charge is 0.334 e. The van der Waals surface area contributed by atoms with Crippen LogP contribution in [0.3, 0.4) is 0 Å². The van der Waals surface area contributed by atoms with Crippen LogP contribution in [-0.4, -0.2) is 40.0 Å². The van der Waals surface area contributed by atoms with Crippen molar-refractivity contribution in [2.75, 3.05) is 18.4 Å². The first-order valence-corrected chi connectivity index (χ1v) is 6.78. The maximum atomic E-state index is 11.9. The van der Waals surface area contributed by atoms with Crippen LogP contribution >= 0.6 is 11.3 Å². The molecule has 2 amide bonds. The molecule has 7 heteroatoms. The minimum absolute atomic E-state index is 0.372. The number of carbonyl (C=O) groups is 2. The average Bonchev–Trinajstić information content (AvgIpc) is 2.75. The summed E-state index contributed by atoms with van der Waals surface area (Å²) in [5.41, 5.74) is 0. The second-order valence-corrected chi connectivity index (χ2v) is 5.74. The molecule has 2 heterocycles. The molecule has 1 aliphatic rings. The third-order valence-electron chi connectivity index (χ3n) is 3.01. The number of likely N-dealkylation sites (tertiary alicyclic amines) is 1. The lowest BCUT2D eigenvalue weighted by atomic mass is 9.99. The number of carbonyl (C=O) groups excluding carboxylic acids is 2. The van der Waals surface area contributed by atoms with Crippen LogP contribution in [0, 0.1) is 12.8 Å². The molecule has 1 aromatic rings. The molecule has 0 radical (unpaired) electrons. The summed E-state index contributed by atoms with van der Waals surface area (Å²) >= 11 is 1.26. The van der Waals surface area contributed by atoms with Crippen molar-refractivity contribution in [2.45, 2.75) is 26.7 Å². The number of piperidine rings is 1. The summed E-state index contributed by atoms with van der Waals surface area (Å²) in [6.07, 6.45) is 1.91. The van der Waals surface area contributed by atoms with Gasteiger partial charge in [0.25, 0.3) is 0 Å². The van der Waals surface area contributed by atoms with Gasteiger partial charge in [-0.25, -0.2) is 0 Å². The van der Waals surface area contributed by atoms with Gasteiger partial charge in [-0.1, -0.05) is 18.3 Å². The fraction of sp³-hybridized carbons (Fsp3) is 0.636. The van der Waals surface area contributed by atoms with Crippen LogP contribution in [0.15, 0.2) is 0 Å². The highest BCUT2D eigenvalue weighted by molar-refractivity contribution is 7.15. The van der Waals surface area contributed by atoms with Gasteiger partial charge >= 0.3 is 11.8 Å². The standard InChI is InChI=1S/C11H16N4O2S/c1-7-3-5-15(6-4-7)10(17)9(16)12-11-14-13-8(2)18-11/h7H,3-6H2,1-2H3,(H,12,14,16). The number of amides is 2. The van der Waals surface area contributed by atoms with E-state index >= 15 is 0 Å². The second kappa shape index (κ2) is 5.43. The van der Waals surface area contributed by atoms with Crippen LogP contribution in [0.5, 0.6) is 0 Å². The molecule has 0 saturated carbocycles. The molecule has 2 rings (SSSR count). The zero-order valence-corrected chi connectivity index (χ0v) is 11.3. The van der Waals surface area contributed by atoms with E-state index in [1.165, 1.54) is 11.3 Å². The summed E-state index contributed by atoms with van der Waals surface area (Å²) in [5, 5.41) is 11.2. The predicted molar refractivity (Wildman–Crippen MR) is 68.3 cm³/mol. The lowest BCUT2D eigenvalue weighted by Gasteiger charge is -2.29. The highest BCUT2D eigenvalue weighted by Gasteiger charge is 2.26. The monoisotopic (exact) mass is 268 g/mol. The van der Waals surface area contributed by atoms with E-state index in [9.17, 15) is 9.59 Å². The summed E-state index contributed by atoms with van der Waals surface area (Å²) in [6, 6.07) is 0. The summed E-state index contributed by atoms with van der Waals surface area (Å²) in [5.74, 6) is -0.474. The zero-order valence-electron chi connectivity index (χ0n) is 10.5. The maximum absolute atomic E-state index is 11.9. The predicted octanol–water partition coefficient (Wildman–Crippen LogP) is 1.04. The third-order valence-corrected chi connectivity index (χ3v) is 3.77. The number of rotatable bonds is 1. The number of hydrogen-bond donors (Lipinski definition) is 1. The summed E-state index contributed by atoms with van der Waals surface area (Å²) in [7, 11) is 0. The molecule has 0 aliphatic carbocycles. The van der Waals surface area contributed by atoms with Gasteiger partial charge in [-0.3, -0.25) is 14.9 Å². The Morgan fingerprint density at radius 3 is 2.56 bits per heavy atom. The molecule has 0 unspecified atom stereocenters. The van der Waals surface area contributed by atoms with Gasteiger partial charge in [-0.15, -0.1) is 10.2 Å². The smallest absolute Gasteiger partial charge is 0.315 e. The quantitative estimate of drug-likeness (QED) is 0.772. The Labute approximate surface area is 109 Å². The Kier molecular flexibility index (Phi) is 3.90. The van der Waals surface area contributed by atoms with E-state index in [0.29, 0.717) is 24.1 Å². The number of aryl methyl sites for hydroxylation is 1. The van der Waals surface area contributed by atoms with Gasteiger partial charge in [-0.05, 0) is 25.7 Å². The van der Waals surface area contributed by atoms with E-state index in [4.69, 9.17) is 0 Å². The van der Waals surface area contributed by atoms with Crippen molar-refractivity contribution in [3.05, 3.63) is 5.01 Å². The van der Waals surface area contributed by atoms with E-state index < -0.39 is 11.8 Å². The third kappa shape index (κ3) is 3.04. The molecular formula is C11H16N4O2S. The van der Waals surface area contributed by atoms with E-state index in [1.54, 1.807) is 11.8 Å². The SMILES string of the molecule is Cc1nnc(NC(=O)C(=O)N2CCC(C)CC2)s1. The highest BCUT2D eigenvalue weighted by Crippen LogP contribution is 2.17. The van der Waals surface area contributed by atoms with Crippen LogP contribution in [0.4, 0.5) is 5.13 Å². The van der Waals surface area contributed by atoms with Gasteiger partial charge < -0.3 is 4.90 Å². The molecule has 0 spiro atoms. The van der Waals surface area contributed by atoms with Crippen LogP contribution < -0.4 is 5.32 Å². The zero-order chi connectivity index (χ0) is 13.1. The first-order chi connectivity index (χ1) is 8.56. The van der Waals surface area contributed by atoms with Gasteiger partial charge in [0.05, 0.1) is 0 Å². The van der Waals surface area contributed by atoms with Gasteiger partial charge in [0.1, 0.15) is 5.01 Å². The average molecular weight is 268 g/mol. The molecular weight excluding hydrogens is 252 g/mol. The lowest BCUT2D eigenvalue weighted by molar-refractivity contribution is -0.144. The molecule has 18 heavy (non-hydrogen) atoms. The van der Waals surface area contributed by atoms with Crippen molar-refractivity contribution >= 4 is 28.3 Å². The van der Waals surface area contributed by atoms with E-state index in [2.05, 4.69) is 22.4 Å². The van der Waals surface area contributed by atoms with E-state index in [0.717, 1.165) is 17.8 Å². The number of anilines is 1. The topological polar surface area (TPSA) is 75.2 Å². The number of hydrogen-bond acceptors (Lipinski definition) is 5.